The summed E-state index contributed by atoms with van der Waals surface area (Å²) in [5.74, 6) is 0.0317. The van der Waals surface area contributed by atoms with Gasteiger partial charge in [-0.3, -0.25) is 0 Å². The predicted octanol–water partition coefficient (Wildman–Crippen LogP) is 3.07. The number of benzene rings is 1. The molecule has 2 amide bonds. The minimum absolute atomic E-state index is 0.264. The van der Waals surface area contributed by atoms with Crippen LogP contribution < -0.4 is 16.3 Å². The summed E-state index contributed by atoms with van der Waals surface area (Å²) in [6.45, 7) is 7.41. The molecule has 1 fully saturated rings. The van der Waals surface area contributed by atoms with Gasteiger partial charge in [-0.25, -0.2) is 4.79 Å². The smallest absolute Gasteiger partial charge is 0.0242 e. The molecule has 37 heavy (non-hydrogen) atoms. The molecule has 188 valence electrons. The van der Waals surface area contributed by atoms with Gasteiger partial charge in [0.1, 0.15) is 5.60 Å². The Bertz CT molecular complexity index is 1270. The second-order valence-electron chi connectivity index (χ2n) is 9.92. The van der Waals surface area contributed by atoms with Crippen LogP contribution in [-0.2, 0) is 4.74 Å². The molecule has 3 heterocycles. The van der Waals surface area contributed by atoms with Crippen molar-refractivity contribution >= 4 is 87.0 Å². The molecule has 2 aromatic heterocycles. The Kier molecular flexibility index (Phi) is 9.59. The number of aromatic nitrogens is 2. The van der Waals surface area contributed by atoms with Gasteiger partial charge in [-0.1, -0.05) is 0 Å². The van der Waals surface area contributed by atoms with E-state index >= 15 is 0 Å². The van der Waals surface area contributed by atoms with Crippen LogP contribution in [0.15, 0.2) is 42.6 Å². The van der Waals surface area contributed by atoms with Crippen LogP contribution in [0.4, 0.5) is 10.5 Å². The first-order valence-electron chi connectivity index (χ1n) is 12.1. The normalized spacial score (nSPS) is 14.2. The number of ether oxygens (including phenoxy) is 2. The number of nitrogens with one attached hydrogen (secondary N) is 1. The molecule has 0 atom stereocenters. The molecule has 0 saturated carbocycles. The quantitative estimate of drug-likeness (QED) is 0.383. The predicted molar refractivity (Wildman–Crippen MR) is 147 cm³/mol. The molecule has 1 N–H and O–H groups in total. The number of amides is 2. The van der Waals surface area contributed by atoms with Crippen molar-refractivity contribution in [3.05, 3.63) is 48.3 Å². The number of rotatable bonds is 6. The van der Waals surface area contributed by atoms with Crippen molar-refractivity contribution in [1.29, 1.82) is 0 Å². The van der Waals surface area contributed by atoms with E-state index in [2.05, 4.69) is 21.8 Å². The SMILES string of the molecule is CC(C)(C)OC(=O)N1CCC(COc2sncc2NC(=O)c2cc[c]([Tl])c(-c3cccc[c]3[Tl])n2)CC1. The third-order valence-electron chi connectivity index (χ3n) is 5.88. The van der Waals surface area contributed by atoms with Gasteiger partial charge in [-0.2, -0.15) is 0 Å². The number of nitrogens with zero attached hydrogens (tertiary/aromatic N) is 3. The van der Waals surface area contributed by atoms with E-state index in [9.17, 15) is 9.59 Å². The van der Waals surface area contributed by atoms with Crippen molar-refractivity contribution in [3.8, 4) is 16.3 Å². The molecule has 1 saturated heterocycles. The first-order valence-corrected chi connectivity index (χ1v) is 17.3. The van der Waals surface area contributed by atoms with E-state index in [4.69, 9.17) is 14.5 Å². The average Bonchev–Trinajstić information content (AvgIpc) is 3.29. The summed E-state index contributed by atoms with van der Waals surface area (Å²) in [5, 5.41) is 3.51. The van der Waals surface area contributed by atoms with Crippen LogP contribution in [0.2, 0.25) is 0 Å². The molecular formula is C26H28N4O4STl2. The van der Waals surface area contributed by atoms with Crippen molar-refractivity contribution in [2.45, 2.75) is 39.2 Å². The third kappa shape index (κ3) is 7.71. The first-order chi connectivity index (χ1) is 17.6. The molecule has 0 spiro atoms. The topological polar surface area (TPSA) is 93.6 Å². The van der Waals surface area contributed by atoms with Crippen molar-refractivity contribution in [2.24, 2.45) is 5.92 Å². The molecule has 0 unspecified atom stereocenters. The Labute approximate surface area is 253 Å². The number of likely N-dealkylation sites (tertiary alicyclic amines) is 1. The fourth-order valence-corrected chi connectivity index (χ4v) is 7.07. The van der Waals surface area contributed by atoms with Gasteiger partial charge >= 0.3 is 201 Å². The molecule has 0 radical (unpaired) electrons. The van der Waals surface area contributed by atoms with E-state index in [-0.39, 0.29) is 12.0 Å². The number of carbonyl (C=O) groups is 2. The van der Waals surface area contributed by atoms with E-state index in [1.807, 2.05) is 39.0 Å². The van der Waals surface area contributed by atoms with Crippen LogP contribution in [0.25, 0.3) is 11.3 Å². The fourth-order valence-electron chi connectivity index (χ4n) is 3.93. The standard InChI is InChI=1S/C26H28N4O4S.2Tl/c1-26(2,3)34-25(32)30-14-12-18(13-15-30)17-33-24-22(16-27-35-24)29-23(31)21-11-7-10-20(28-21)19-8-5-4-6-9-19;;/h4-8,11,16,18H,12-15,17H2,1-3H3,(H,29,31);;. The Morgan fingerprint density at radius 3 is 2.54 bits per heavy atom. The van der Waals surface area contributed by atoms with E-state index < -0.39 is 5.60 Å². The summed E-state index contributed by atoms with van der Waals surface area (Å²) in [7, 11) is 0. The molecule has 0 aliphatic carbocycles. The second-order valence-corrected chi connectivity index (χ2v) is 15.5. The maximum absolute atomic E-state index is 13.1. The van der Waals surface area contributed by atoms with Gasteiger partial charge in [-0.05, 0) is 20.8 Å². The van der Waals surface area contributed by atoms with Crippen LogP contribution in [0.3, 0.4) is 0 Å². The summed E-state index contributed by atoms with van der Waals surface area (Å²) in [5.41, 5.74) is 2.46. The molecule has 3 aromatic rings. The zero-order chi connectivity index (χ0) is 26.6. The van der Waals surface area contributed by atoms with Crippen molar-refractivity contribution in [3.63, 3.8) is 0 Å². The minimum Gasteiger partial charge on any atom is 0.0242 e. The maximum atomic E-state index is 13.1. The van der Waals surface area contributed by atoms with E-state index in [0.29, 0.717) is 93.6 Å². The zero-order valence-electron chi connectivity index (χ0n) is 21.2. The number of anilines is 1. The van der Waals surface area contributed by atoms with Crippen molar-refractivity contribution < 1.29 is 19.1 Å². The van der Waals surface area contributed by atoms with Gasteiger partial charge in [0, 0.05) is 13.1 Å². The van der Waals surface area contributed by atoms with Crippen LogP contribution in [-0.4, -0.2) is 103 Å². The van der Waals surface area contributed by atoms with E-state index in [0.717, 1.165) is 24.1 Å². The van der Waals surface area contributed by atoms with Gasteiger partial charge in [0.25, 0.3) is 0 Å². The van der Waals surface area contributed by atoms with Gasteiger partial charge in [0.05, 0.1) is 0 Å². The van der Waals surface area contributed by atoms with Gasteiger partial charge in [-0.15, -0.1) is 0 Å². The third-order valence-corrected chi connectivity index (χ3v) is 10.4. The molecule has 11 heteroatoms. The monoisotopic (exact) mass is 902 g/mol. The van der Waals surface area contributed by atoms with Crippen LogP contribution in [0.5, 0.6) is 5.06 Å². The molecular weight excluding hydrogens is 873 g/mol. The second kappa shape index (κ2) is 12.5. The van der Waals surface area contributed by atoms with Gasteiger partial charge < -0.3 is 9.64 Å². The Morgan fingerprint density at radius 2 is 1.84 bits per heavy atom. The molecule has 1 aliphatic heterocycles. The number of hydrogen-bond acceptors (Lipinski definition) is 7. The molecule has 0 bridgehead atoms. The Morgan fingerprint density at radius 1 is 1.11 bits per heavy atom. The average molecular weight is 901 g/mol. The molecule has 8 nitrogen and oxygen atoms in total. The summed E-state index contributed by atoms with van der Waals surface area (Å²) in [6.07, 6.45) is 3.02. The Balaban J connectivity index is 1.34. The van der Waals surface area contributed by atoms with E-state index in [1.54, 1.807) is 17.2 Å². The van der Waals surface area contributed by atoms with Crippen LogP contribution in [0, 0.1) is 5.92 Å². The number of pyridine rings is 1. The summed E-state index contributed by atoms with van der Waals surface area (Å²) in [4.78, 5) is 31.9. The first kappa shape index (κ1) is 28.4. The van der Waals surface area contributed by atoms with Gasteiger partial charge in [0.15, 0.2) is 0 Å². The fraction of sp³-hybridized carbons (Fsp3) is 0.385. The van der Waals surface area contributed by atoms with Crippen LogP contribution in [0.1, 0.15) is 44.1 Å². The Hall–Kier alpha value is -1.62. The number of hydrogen-bond donors (Lipinski definition) is 1. The van der Waals surface area contributed by atoms with Crippen molar-refractivity contribution in [2.75, 3.05) is 25.0 Å². The molecule has 4 rings (SSSR count). The summed E-state index contributed by atoms with van der Waals surface area (Å²) in [6, 6.07) is 12.1. The summed E-state index contributed by atoms with van der Waals surface area (Å²) < 4.78 is 18.2. The van der Waals surface area contributed by atoms with Gasteiger partial charge in [0.2, 0.25) is 0 Å². The summed E-state index contributed by atoms with van der Waals surface area (Å²) >= 11 is 2.51. The number of carbonyl (C=O) groups excluding carboxylic acids is 2. The van der Waals surface area contributed by atoms with Crippen molar-refractivity contribution in [1.82, 2.24) is 14.3 Å². The minimum atomic E-state index is -0.496. The van der Waals surface area contributed by atoms with Crippen LogP contribution >= 0.6 is 11.5 Å². The zero-order valence-corrected chi connectivity index (χ0v) is 31.0. The van der Waals surface area contributed by atoms with E-state index in [1.165, 1.54) is 17.8 Å². The molecule has 1 aromatic carbocycles. The molecule has 1 aliphatic rings. The number of piperidine rings is 1.